The summed E-state index contributed by atoms with van der Waals surface area (Å²) in [7, 11) is -0.245. The minimum Gasteiger partial charge on any atom is -0.437 e. The highest BCUT2D eigenvalue weighted by molar-refractivity contribution is 7.92. The second-order valence-corrected chi connectivity index (χ2v) is 11.8. The molecular formula is C28H32ClN7O3S. The fraction of sp³-hybridized carbons (Fsp3) is 0.321. The van der Waals surface area contributed by atoms with Crippen molar-refractivity contribution in [3.63, 3.8) is 0 Å². The van der Waals surface area contributed by atoms with Crippen molar-refractivity contribution >= 4 is 33.3 Å². The van der Waals surface area contributed by atoms with Crippen molar-refractivity contribution in [2.75, 3.05) is 42.8 Å². The van der Waals surface area contributed by atoms with Crippen LogP contribution in [0.4, 0.5) is 11.6 Å². The first-order valence-electron chi connectivity index (χ1n) is 13.0. The standard InChI is InChI=1S/C28H32ClN7O3S/c1-5-21-26(22-10-7-6-9-19(22)2)31-28(33-40(37,38)20-17-30-35(4)18-20)32-27(21)39-24-12-8-11-23(25(24)29)36-15-13-34(3)14-16-36/h6-12,17-18H,5,13-16H2,1-4H3,(H,31,32,33). The van der Waals surface area contributed by atoms with Gasteiger partial charge in [0.15, 0.2) is 0 Å². The molecule has 0 saturated carbocycles. The van der Waals surface area contributed by atoms with Crippen molar-refractivity contribution < 1.29 is 13.2 Å². The van der Waals surface area contributed by atoms with Crippen molar-refractivity contribution in [2.24, 2.45) is 7.05 Å². The van der Waals surface area contributed by atoms with E-state index < -0.39 is 10.0 Å². The van der Waals surface area contributed by atoms with Crippen LogP contribution in [0.5, 0.6) is 11.6 Å². The zero-order valence-corrected chi connectivity index (χ0v) is 24.5. The quantitative estimate of drug-likeness (QED) is 0.318. The number of likely N-dealkylation sites (N-methyl/N-ethyl adjacent to an activating group) is 1. The number of anilines is 2. The highest BCUT2D eigenvalue weighted by atomic mass is 35.5. The number of sulfonamides is 1. The molecule has 12 heteroatoms. The number of rotatable bonds is 8. The van der Waals surface area contributed by atoms with E-state index in [0.29, 0.717) is 22.9 Å². The number of nitrogens with one attached hydrogen (secondary N) is 1. The van der Waals surface area contributed by atoms with Gasteiger partial charge in [-0.25, -0.2) is 18.1 Å². The molecule has 210 valence electrons. The topological polar surface area (TPSA) is 105 Å². The van der Waals surface area contributed by atoms with Crippen molar-refractivity contribution in [2.45, 2.75) is 25.2 Å². The Balaban J connectivity index is 1.59. The van der Waals surface area contributed by atoms with Crippen molar-refractivity contribution in [1.29, 1.82) is 0 Å². The van der Waals surface area contributed by atoms with Crippen molar-refractivity contribution in [3.05, 3.63) is 71.0 Å². The third kappa shape index (κ3) is 5.77. The zero-order valence-electron chi connectivity index (χ0n) is 22.9. The number of aryl methyl sites for hydroxylation is 2. The van der Waals surface area contributed by atoms with Crippen LogP contribution in [0.1, 0.15) is 18.1 Å². The molecule has 0 atom stereocenters. The zero-order chi connectivity index (χ0) is 28.4. The van der Waals surface area contributed by atoms with E-state index in [9.17, 15) is 8.42 Å². The Morgan fingerprint density at radius 3 is 2.45 bits per heavy atom. The Hall–Kier alpha value is -3.67. The Bertz CT molecular complexity index is 1630. The summed E-state index contributed by atoms with van der Waals surface area (Å²) < 4.78 is 36.6. The molecule has 40 heavy (non-hydrogen) atoms. The maximum atomic E-state index is 13.1. The molecule has 0 aliphatic carbocycles. The van der Waals surface area contributed by atoms with Gasteiger partial charge in [0.05, 0.1) is 17.6 Å². The highest BCUT2D eigenvalue weighted by Crippen LogP contribution is 2.40. The van der Waals surface area contributed by atoms with E-state index in [0.717, 1.165) is 48.6 Å². The predicted molar refractivity (Wildman–Crippen MR) is 157 cm³/mol. The lowest BCUT2D eigenvalue weighted by Gasteiger charge is -2.34. The number of ether oxygens (including phenoxy) is 1. The first-order chi connectivity index (χ1) is 19.2. The van der Waals surface area contributed by atoms with Gasteiger partial charge < -0.3 is 14.5 Å². The van der Waals surface area contributed by atoms with Gasteiger partial charge in [-0.05, 0) is 38.1 Å². The fourth-order valence-corrected chi connectivity index (χ4v) is 5.87. The summed E-state index contributed by atoms with van der Waals surface area (Å²) in [4.78, 5) is 13.7. The summed E-state index contributed by atoms with van der Waals surface area (Å²) >= 11 is 6.89. The smallest absolute Gasteiger partial charge is 0.267 e. The molecule has 2 aromatic carbocycles. The first kappa shape index (κ1) is 27.9. The van der Waals surface area contributed by atoms with E-state index in [2.05, 4.69) is 36.6 Å². The molecule has 5 rings (SSSR count). The Morgan fingerprint density at radius 1 is 1.02 bits per heavy atom. The third-order valence-electron chi connectivity index (χ3n) is 6.93. The molecule has 1 N–H and O–H groups in total. The SMILES string of the molecule is CCc1c(Oc2cccc(N3CCN(C)CC3)c2Cl)nc(NS(=O)(=O)c2cnn(C)c2)nc1-c1ccccc1C. The molecule has 0 unspecified atom stereocenters. The lowest BCUT2D eigenvalue weighted by molar-refractivity contribution is 0.313. The minimum atomic E-state index is -4.00. The summed E-state index contributed by atoms with van der Waals surface area (Å²) in [6.45, 7) is 7.54. The molecule has 1 fully saturated rings. The normalized spacial score (nSPS) is 14.4. The van der Waals surface area contributed by atoms with Crippen molar-refractivity contribution in [1.82, 2.24) is 24.6 Å². The number of aromatic nitrogens is 4. The summed E-state index contributed by atoms with van der Waals surface area (Å²) in [6, 6.07) is 13.5. The molecule has 4 aromatic rings. The average molecular weight is 582 g/mol. The number of benzene rings is 2. The van der Waals surface area contributed by atoms with Gasteiger partial charge in [-0.3, -0.25) is 4.68 Å². The van der Waals surface area contributed by atoms with Crippen LogP contribution < -0.4 is 14.4 Å². The minimum absolute atomic E-state index is 0.000926. The van der Waals surface area contributed by atoms with E-state index >= 15 is 0 Å². The molecule has 1 aliphatic rings. The van der Waals surface area contributed by atoms with E-state index in [1.54, 1.807) is 13.1 Å². The van der Waals surface area contributed by atoms with Gasteiger partial charge in [0, 0.05) is 50.6 Å². The van der Waals surface area contributed by atoms with Gasteiger partial charge in [-0.2, -0.15) is 10.1 Å². The molecule has 0 bridgehead atoms. The second-order valence-electron chi connectivity index (χ2n) is 9.78. The molecule has 1 aliphatic heterocycles. The van der Waals surface area contributed by atoms with Crippen LogP contribution in [0.2, 0.25) is 5.02 Å². The van der Waals surface area contributed by atoms with Crippen LogP contribution in [0.3, 0.4) is 0 Å². The van der Waals surface area contributed by atoms with Crippen LogP contribution in [0.15, 0.2) is 59.8 Å². The molecule has 3 heterocycles. The van der Waals surface area contributed by atoms with Crippen LogP contribution in [-0.2, 0) is 23.5 Å². The fourth-order valence-electron chi connectivity index (χ4n) is 4.66. The van der Waals surface area contributed by atoms with Gasteiger partial charge in [0.2, 0.25) is 11.8 Å². The lowest BCUT2D eigenvalue weighted by Crippen LogP contribution is -2.44. The van der Waals surface area contributed by atoms with Crippen LogP contribution in [0.25, 0.3) is 11.3 Å². The highest BCUT2D eigenvalue weighted by Gasteiger charge is 2.24. The Labute approximate surface area is 239 Å². The van der Waals surface area contributed by atoms with Crippen LogP contribution in [0, 0.1) is 6.92 Å². The molecule has 1 saturated heterocycles. The summed E-state index contributed by atoms with van der Waals surface area (Å²) in [5, 5.41) is 4.45. The van der Waals surface area contributed by atoms with E-state index in [1.165, 1.54) is 17.1 Å². The molecular weight excluding hydrogens is 550 g/mol. The number of halogens is 1. The molecule has 0 radical (unpaired) electrons. The first-order valence-corrected chi connectivity index (χ1v) is 14.9. The largest absolute Gasteiger partial charge is 0.437 e. The molecule has 2 aromatic heterocycles. The number of hydrogen-bond donors (Lipinski definition) is 1. The maximum absolute atomic E-state index is 13.1. The monoisotopic (exact) mass is 581 g/mol. The molecule has 10 nitrogen and oxygen atoms in total. The van der Waals surface area contributed by atoms with Gasteiger partial charge in [-0.1, -0.05) is 48.9 Å². The van der Waals surface area contributed by atoms with Gasteiger partial charge in [-0.15, -0.1) is 0 Å². The predicted octanol–water partition coefficient (Wildman–Crippen LogP) is 4.75. The Morgan fingerprint density at radius 2 is 1.77 bits per heavy atom. The maximum Gasteiger partial charge on any atom is 0.267 e. The van der Waals surface area contributed by atoms with Crippen molar-refractivity contribution in [3.8, 4) is 22.9 Å². The number of nitrogens with zero attached hydrogens (tertiary/aromatic N) is 6. The lowest BCUT2D eigenvalue weighted by atomic mass is 10.0. The van der Waals surface area contributed by atoms with Crippen LogP contribution >= 0.6 is 11.6 Å². The summed E-state index contributed by atoms with van der Waals surface area (Å²) in [5.74, 6) is 0.556. The van der Waals surface area contributed by atoms with Gasteiger partial charge in [0.1, 0.15) is 15.7 Å². The van der Waals surface area contributed by atoms with Gasteiger partial charge in [0.25, 0.3) is 10.0 Å². The Kier molecular flexibility index (Phi) is 7.97. The molecule has 0 amide bonds. The van der Waals surface area contributed by atoms with E-state index in [1.807, 2.05) is 50.2 Å². The van der Waals surface area contributed by atoms with E-state index in [-0.39, 0.29) is 16.7 Å². The molecule has 0 spiro atoms. The summed E-state index contributed by atoms with van der Waals surface area (Å²) in [5.41, 5.74) is 4.04. The second kappa shape index (κ2) is 11.4. The van der Waals surface area contributed by atoms with Gasteiger partial charge >= 0.3 is 0 Å². The third-order valence-corrected chi connectivity index (χ3v) is 8.60. The average Bonchev–Trinajstić information content (AvgIpc) is 3.38. The number of hydrogen-bond acceptors (Lipinski definition) is 8. The van der Waals surface area contributed by atoms with E-state index in [4.69, 9.17) is 16.3 Å². The van der Waals surface area contributed by atoms with Crippen LogP contribution in [-0.4, -0.2) is 66.3 Å². The number of piperazine rings is 1. The summed E-state index contributed by atoms with van der Waals surface area (Å²) in [6.07, 6.45) is 3.22.